The first kappa shape index (κ1) is 20.7. The average Bonchev–Trinajstić information content (AvgIpc) is 2.96. The molecule has 142 valence electrons. The van der Waals surface area contributed by atoms with Crippen molar-refractivity contribution in [3.05, 3.63) is 60.2 Å². The van der Waals surface area contributed by atoms with Gasteiger partial charge in [0.2, 0.25) is 0 Å². The summed E-state index contributed by atoms with van der Waals surface area (Å²) < 4.78 is 28.9. The molecule has 2 N–H and O–H groups in total. The van der Waals surface area contributed by atoms with Gasteiger partial charge < -0.3 is 10.5 Å². The molecule has 3 rings (SSSR count). The van der Waals surface area contributed by atoms with E-state index in [0.29, 0.717) is 18.3 Å². The molecule has 0 saturated carbocycles. The monoisotopic (exact) mass is 396 g/mol. The van der Waals surface area contributed by atoms with Crippen molar-refractivity contribution in [3.63, 3.8) is 0 Å². The fourth-order valence-electron chi connectivity index (χ4n) is 3.24. The summed E-state index contributed by atoms with van der Waals surface area (Å²) >= 11 is 0. The van der Waals surface area contributed by atoms with E-state index in [1.165, 1.54) is 11.8 Å². The van der Waals surface area contributed by atoms with E-state index in [9.17, 15) is 8.42 Å². The minimum absolute atomic E-state index is 0. The van der Waals surface area contributed by atoms with E-state index in [1.54, 1.807) is 24.3 Å². The molecule has 0 aromatic heterocycles. The van der Waals surface area contributed by atoms with Crippen molar-refractivity contribution >= 4 is 22.2 Å². The summed E-state index contributed by atoms with van der Waals surface area (Å²) in [6.45, 7) is 3.02. The van der Waals surface area contributed by atoms with Gasteiger partial charge in [0.1, 0.15) is 12.4 Å². The first-order valence-corrected chi connectivity index (χ1v) is 10.3. The van der Waals surface area contributed by atoms with Crippen molar-refractivity contribution in [2.45, 2.75) is 16.9 Å². The van der Waals surface area contributed by atoms with Gasteiger partial charge in [0.15, 0.2) is 9.84 Å². The van der Waals surface area contributed by atoms with Crippen LogP contribution in [0.2, 0.25) is 0 Å². The van der Waals surface area contributed by atoms with Crippen molar-refractivity contribution in [1.29, 1.82) is 0 Å². The van der Waals surface area contributed by atoms with Crippen LogP contribution in [0.15, 0.2) is 59.5 Å². The zero-order chi connectivity index (χ0) is 17.9. The number of benzene rings is 2. The van der Waals surface area contributed by atoms with Gasteiger partial charge in [0.25, 0.3) is 0 Å². The second-order valence-corrected chi connectivity index (χ2v) is 8.55. The van der Waals surface area contributed by atoms with E-state index in [4.69, 9.17) is 10.5 Å². The fraction of sp³-hybridized carbons (Fsp3) is 0.368. The highest BCUT2D eigenvalue weighted by Gasteiger charge is 2.30. The molecule has 26 heavy (non-hydrogen) atoms. The van der Waals surface area contributed by atoms with E-state index in [2.05, 4.69) is 17.0 Å². The Kier molecular flexibility index (Phi) is 7.06. The Bertz CT molecular complexity index is 815. The summed E-state index contributed by atoms with van der Waals surface area (Å²) in [6.07, 6.45) is 1.20. The van der Waals surface area contributed by atoms with E-state index < -0.39 is 9.84 Å². The predicted octanol–water partition coefficient (Wildman–Crippen LogP) is 2.32. The van der Waals surface area contributed by atoms with Crippen LogP contribution in [0.3, 0.4) is 0 Å². The summed E-state index contributed by atoms with van der Waals surface area (Å²) in [5, 5.41) is 0. The Morgan fingerprint density at radius 2 is 1.85 bits per heavy atom. The van der Waals surface area contributed by atoms with Gasteiger partial charge >= 0.3 is 0 Å². The molecule has 2 atom stereocenters. The first-order chi connectivity index (χ1) is 11.9. The summed E-state index contributed by atoms with van der Waals surface area (Å²) in [5.41, 5.74) is 7.58. The lowest BCUT2D eigenvalue weighted by atomic mass is 9.95. The molecule has 0 unspecified atom stereocenters. The largest absolute Gasteiger partial charge is 0.492 e. The molecule has 1 aliphatic rings. The van der Waals surface area contributed by atoms with E-state index in [-0.39, 0.29) is 23.3 Å². The van der Waals surface area contributed by atoms with Crippen molar-refractivity contribution in [2.75, 3.05) is 32.5 Å². The SMILES string of the molecule is CS(=O)(=O)c1cccc(OCCN2C[C@@H](N)[C@H](c3ccccc3)C2)c1.Cl. The van der Waals surface area contributed by atoms with Crippen molar-refractivity contribution in [1.82, 2.24) is 4.90 Å². The fourth-order valence-corrected chi connectivity index (χ4v) is 3.89. The standard InChI is InChI=1S/C19H24N2O3S.ClH/c1-25(22,23)17-9-5-8-16(12-17)24-11-10-21-13-18(19(20)14-21)15-6-3-2-4-7-15;/h2-9,12,18-19H,10-11,13-14,20H2,1H3;1H/t18-,19+;/m0./s1. The maximum atomic E-state index is 11.6. The van der Waals surface area contributed by atoms with Crippen LogP contribution in [-0.2, 0) is 9.84 Å². The number of hydrogen-bond acceptors (Lipinski definition) is 5. The number of likely N-dealkylation sites (tertiary alicyclic amines) is 1. The topological polar surface area (TPSA) is 72.6 Å². The van der Waals surface area contributed by atoms with E-state index in [0.717, 1.165) is 19.6 Å². The molecule has 7 heteroatoms. The van der Waals surface area contributed by atoms with Gasteiger partial charge in [-0.3, -0.25) is 4.90 Å². The Balaban J connectivity index is 0.00000243. The third-order valence-corrected chi connectivity index (χ3v) is 5.69. The molecule has 2 aromatic rings. The van der Waals surface area contributed by atoms with Crippen LogP contribution in [0.1, 0.15) is 11.5 Å². The summed E-state index contributed by atoms with van der Waals surface area (Å²) in [7, 11) is -3.22. The van der Waals surface area contributed by atoms with Crippen LogP contribution in [-0.4, -0.2) is 51.9 Å². The second kappa shape index (κ2) is 8.86. The quantitative estimate of drug-likeness (QED) is 0.811. The van der Waals surface area contributed by atoms with E-state index in [1.807, 2.05) is 18.2 Å². The lowest BCUT2D eigenvalue weighted by molar-refractivity contribution is 0.234. The van der Waals surface area contributed by atoms with Crippen LogP contribution < -0.4 is 10.5 Å². The smallest absolute Gasteiger partial charge is 0.175 e. The Morgan fingerprint density at radius 3 is 2.54 bits per heavy atom. The van der Waals surface area contributed by atoms with E-state index >= 15 is 0 Å². The maximum Gasteiger partial charge on any atom is 0.175 e. The van der Waals surface area contributed by atoms with Crippen LogP contribution in [0, 0.1) is 0 Å². The van der Waals surface area contributed by atoms with Gasteiger partial charge in [0, 0.05) is 37.8 Å². The number of nitrogens with two attached hydrogens (primary N) is 1. The van der Waals surface area contributed by atoms with Gasteiger partial charge in [-0.25, -0.2) is 8.42 Å². The zero-order valence-electron chi connectivity index (χ0n) is 14.7. The summed E-state index contributed by atoms with van der Waals surface area (Å²) in [6, 6.07) is 17.1. The number of halogens is 1. The number of rotatable bonds is 6. The van der Waals surface area contributed by atoms with Gasteiger partial charge in [-0.05, 0) is 23.8 Å². The first-order valence-electron chi connectivity index (χ1n) is 8.39. The van der Waals surface area contributed by atoms with Gasteiger partial charge in [-0.2, -0.15) is 0 Å². The molecule has 0 amide bonds. The lowest BCUT2D eigenvalue weighted by Gasteiger charge is -2.16. The number of nitrogens with zero attached hydrogens (tertiary/aromatic N) is 1. The minimum atomic E-state index is -3.22. The molecule has 2 aromatic carbocycles. The van der Waals surface area contributed by atoms with Crippen LogP contribution in [0.5, 0.6) is 5.75 Å². The van der Waals surface area contributed by atoms with Crippen molar-refractivity contribution in [3.8, 4) is 5.75 Å². The molecule has 0 spiro atoms. The molecular weight excluding hydrogens is 372 g/mol. The second-order valence-electron chi connectivity index (χ2n) is 6.54. The van der Waals surface area contributed by atoms with Gasteiger partial charge in [0.05, 0.1) is 4.90 Å². The highest BCUT2D eigenvalue weighted by Crippen LogP contribution is 2.26. The highest BCUT2D eigenvalue weighted by molar-refractivity contribution is 7.90. The molecule has 0 aliphatic carbocycles. The Hall–Kier alpha value is -1.60. The molecule has 0 radical (unpaired) electrons. The van der Waals surface area contributed by atoms with Gasteiger partial charge in [-0.1, -0.05) is 36.4 Å². The van der Waals surface area contributed by atoms with Gasteiger partial charge in [-0.15, -0.1) is 12.4 Å². The molecule has 1 fully saturated rings. The summed E-state index contributed by atoms with van der Waals surface area (Å²) in [4.78, 5) is 2.57. The van der Waals surface area contributed by atoms with Crippen LogP contribution >= 0.6 is 12.4 Å². The van der Waals surface area contributed by atoms with Crippen molar-refractivity contribution < 1.29 is 13.2 Å². The zero-order valence-corrected chi connectivity index (χ0v) is 16.4. The molecule has 1 aliphatic heterocycles. The van der Waals surface area contributed by atoms with Crippen LogP contribution in [0.25, 0.3) is 0 Å². The molecule has 0 bridgehead atoms. The number of ether oxygens (including phenoxy) is 1. The highest BCUT2D eigenvalue weighted by atomic mass is 35.5. The normalized spacial score (nSPS) is 20.5. The molecular formula is C19H25ClN2O3S. The lowest BCUT2D eigenvalue weighted by Crippen LogP contribution is -2.30. The molecule has 1 saturated heterocycles. The number of hydrogen-bond donors (Lipinski definition) is 1. The Morgan fingerprint density at radius 1 is 1.12 bits per heavy atom. The molecule has 1 heterocycles. The van der Waals surface area contributed by atoms with Crippen molar-refractivity contribution in [2.24, 2.45) is 5.73 Å². The summed E-state index contributed by atoms with van der Waals surface area (Å²) in [5.74, 6) is 0.917. The third kappa shape index (κ3) is 5.20. The minimum Gasteiger partial charge on any atom is -0.492 e. The third-order valence-electron chi connectivity index (χ3n) is 4.58. The maximum absolute atomic E-state index is 11.6. The predicted molar refractivity (Wildman–Crippen MR) is 106 cm³/mol. The average molecular weight is 397 g/mol. The molecule has 5 nitrogen and oxygen atoms in total. The Labute approximate surface area is 161 Å². The van der Waals surface area contributed by atoms with Crippen LogP contribution in [0.4, 0.5) is 0 Å². The number of sulfone groups is 1.